The van der Waals surface area contributed by atoms with Crippen LogP contribution in [0.15, 0.2) is 127 Å². The Kier molecular flexibility index (Phi) is 11.0. The lowest BCUT2D eigenvalue weighted by molar-refractivity contribution is 0.0510. The van der Waals surface area contributed by atoms with Crippen molar-refractivity contribution in [2.75, 3.05) is 27.4 Å². The molecule has 0 bridgehead atoms. The van der Waals surface area contributed by atoms with Gasteiger partial charge in [0.05, 0.1) is 44.5 Å². The van der Waals surface area contributed by atoms with Gasteiger partial charge in [0.15, 0.2) is 22.8 Å². The molecule has 0 amide bonds. The van der Waals surface area contributed by atoms with Crippen molar-refractivity contribution in [1.82, 2.24) is 19.6 Å². The van der Waals surface area contributed by atoms with E-state index in [0.717, 1.165) is 0 Å². The third-order valence-corrected chi connectivity index (χ3v) is 7.92. The molecule has 6 aromatic rings. The summed E-state index contributed by atoms with van der Waals surface area (Å²) in [6.07, 6.45) is 0. The highest BCUT2D eigenvalue weighted by atomic mass is 16.5. The van der Waals surface area contributed by atoms with E-state index < -0.39 is 23.1 Å². The number of ether oxygens (including phenoxy) is 4. The molecular weight excluding hydrogens is 696 g/mol. The van der Waals surface area contributed by atoms with Gasteiger partial charge in [-0.3, -0.25) is 19.8 Å². The molecule has 54 heavy (non-hydrogen) atoms. The Balaban J connectivity index is 1.31. The van der Waals surface area contributed by atoms with E-state index in [1.165, 1.54) is 23.6 Å². The fourth-order valence-electron chi connectivity index (χ4n) is 5.37. The summed E-state index contributed by atoms with van der Waals surface area (Å²) in [4.78, 5) is 52.1. The number of carbonyl (C=O) groups excluding carboxylic acids is 2. The number of esters is 2. The number of benzene rings is 4. The van der Waals surface area contributed by atoms with Crippen LogP contribution in [0, 0.1) is 0 Å². The van der Waals surface area contributed by atoms with E-state index in [9.17, 15) is 19.2 Å². The quantitative estimate of drug-likeness (QED) is 0.0899. The second-order valence-corrected chi connectivity index (χ2v) is 11.2. The average Bonchev–Trinajstić information content (AvgIpc) is 3.72. The van der Waals surface area contributed by atoms with Crippen molar-refractivity contribution in [3.05, 3.63) is 129 Å². The lowest BCUT2D eigenvalue weighted by Gasteiger charge is -2.11. The molecule has 2 heterocycles. The number of nitrogens with one attached hydrogen (secondary N) is 2. The van der Waals surface area contributed by atoms with Gasteiger partial charge in [0.2, 0.25) is 0 Å². The Bertz CT molecular complexity index is 2480. The molecule has 0 saturated carbocycles. The van der Waals surface area contributed by atoms with Crippen molar-refractivity contribution in [3.8, 4) is 34.0 Å². The van der Waals surface area contributed by atoms with Crippen molar-refractivity contribution in [2.24, 2.45) is 20.5 Å². The Hall–Kier alpha value is -7.36. The Morgan fingerprint density at radius 3 is 1.63 bits per heavy atom. The van der Waals surface area contributed by atoms with E-state index in [0.29, 0.717) is 39.7 Å². The van der Waals surface area contributed by atoms with Crippen molar-refractivity contribution in [3.63, 3.8) is 0 Å². The van der Waals surface area contributed by atoms with Crippen molar-refractivity contribution in [2.45, 2.75) is 13.8 Å². The fraction of sp³-hybridized carbons (Fsp3) is 0.158. The molecule has 0 radical (unpaired) electrons. The van der Waals surface area contributed by atoms with Crippen LogP contribution in [-0.2, 0) is 9.47 Å². The SMILES string of the molecule is CCOC(=O)c1[nH]n(-c2ccccc2)c(=O)c1N=Nc1ccc(-c2ccc(N=Nc3c(C(=O)OCC)[nH]n(-c4ccccc4)c3=O)c(OC)c2)c(OC)c1. The second-order valence-electron chi connectivity index (χ2n) is 11.2. The van der Waals surface area contributed by atoms with Gasteiger partial charge in [-0.1, -0.05) is 42.5 Å². The molecule has 0 saturated heterocycles. The minimum atomic E-state index is -0.757. The van der Waals surface area contributed by atoms with Crippen LogP contribution in [0.25, 0.3) is 22.5 Å². The van der Waals surface area contributed by atoms with Gasteiger partial charge < -0.3 is 18.9 Å². The summed E-state index contributed by atoms with van der Waals surface area (Å²) < 4.78 is 23.9. The molecule has 2 N–H and O–H groups in total. The lowest BCUT2D eigenvalue weighted by atomic mass is 10.0. The number of para-hydroxylation sites is 2. The number of H-pyrrole nitrogens is 2. The van der Waals surface area contributed by atoms with Gasteiger partial charge in [0, 0.05) is 11.6 Å². The number of nitrogens with zero attached hydrogens (tertiary/aromatic N) is 6. The minimum absolute atomic E-state index is 0.0930. The predicted octanol–water partition coefficient (Wildman–Crippen LogP) is 7.51. The molecule has 0 fully saturated rings. The van der Waals surface area contributed by atoms with Crippen molar-refractivity contribution < 1.29 is 28.5 Å². The van der Waals surface area contributed by atoms with Gasteiger partial charge >= 0.3 is 11.9 Å². The zero-order chi connectivity index (χ0) is 38.2. The van der Waals surface area contributed by atoms with Gasteiger partial charge in [0.25, 0.3) is 11.1 Å². The molecular formula is C38H34N8O8. The maximum Gasteiger partial charge on any atom is 0.358 e. The lowest BCUT2D eigenvalue weighted by Crippen LogP contribution is -2.13. The molecule has 0 unspecified atom stereocenters. The van der Waals surface area contributed by atoms with Crippen LogP contribution in [0.2, 0.25) is 0 Å². The highest BCUT2D eigenvalue weighted by Gasteiger charge is 2.24. The molecule has 16 nitrogen and oxygen atoms in total. The molecule has 4 aromatic carbocycles. The van der Waals surface area contributed by atoms with Gasteiger partial charge in [-0.25, -0.2) is 19.0 Å². The van der Waals surface area contributed by atoms with Crippen LogP contribution in [0.3, 0.4) is 0 Å². The highest BCUT2D eigenvalue weighted by Crippen LogP contribution is 2.39. The summed E-state index contributed by atoms with van der Waals surface area (Å²) in [6, 6.07) is 27.5. The Morgan fingerprint density at radius 1 is 0.611 bits per heavy atom. The van der Waals surface area contributed by atoms with E-state index in [1.807, 2.05) is 0 Å². The molecule has 0 aliphatic rings. The number of hydrogen-bond acceptors (Lipinski definition) is 12. The van der Waals surface area contributed by atoms with E-state index in [-0.39, 0.29) is 41.7 Å². The monoisotopic (exact) mass is 730 g/mol. The first-order chi connectivity index (χ1) is 26.3. The van der Waals surface area contributed by atoms with Crippen LogP contribution in [0.1, 0.15) is 34.8 Å². The standard InChI is InChI=1S/C38H34N8O8/c1-5-53-37(49)33-31(35(47)45(43-33)25-13-9-7-10-14-25)41-39-24-18-19-27(29(22-24)51-3)23-17-20-28(30(21-23)52-4)40-42-32-34(38(50)54-6-2)44-46(36(32)48)26-15-11-8-12-16-26/h7-22,43-44H,5-6H2,1-4H3. The second kappa shape index (κ2) is 16.3. The van der Waals surface area contributed by atoms with E-state index in [4.69, 9.17) is 18.9 Å². The first-order valence-corrected chi connectivity index (χ1v) is 16.6. The molecule has 6 rings (SSSR count). The highest BCUT2D eigenvalue weighted by molar-refractivity contribution is 5.93. The number of rotatable bonds is 13. The van der Waals surface area contributed by atoms with Crippen LogP contribution in [0.4, 0.5) is 22.7 Å². The Morgan fingerprint density at radius 2 is 1.13 bits per heavy atom. The van der Waals surface area contributed by atoms with E-state index >= 15 is 0 Å². The van der Waals surface area contributed by atoms with Crippen LogP contribution < -0.4 is 20.6 Å². The summed E-state index contributed by atoms with van der Waals surface area (Å²) in [5.41, 5.74) is 1.00. The minimum Gasteiger partial charge on any atom is -0.496 e. The summed E-state index contributed by atoms with van der Waals surface area (Å²) >= 11 is 0. The molecule has 0 aliphatic heterocycles. The first-order valence-electron chi connectivity index (χ1n) is 16.6. The maximum atomic E-state index is 13.4. The summed E-state index contributed by atoms with van der Waals surface area (Å²) in [5.74, 6) is -0.781. The van der Waals surface area contributed by atoms with Crippen LogP contribution in [0.5, 0.6) is 11.5 Å². The largest absolute Gasteiger partial charge is 0.496 e. The zero-order valence-corrected chi connectivity index (χ0v) is 29.6. The smallest absolute Gasteiger partial charge is 0.358 e. The number of methoxy groups -OCH3 is 2. The third-order valence-electron chi connectivity index (χ3n) is 7.92. The number of carbonyl (C=O) groups is 2. The van der Waals surface area contributed by atoms with E-state index in [1.54, 1.807) is 111 Å². The van der Waals surface area contributed by atoms with Crippen molar-refractivity contribution >= 4 is 34.7 Å². The van der Waals surface area contributed by atoms with Gasteiger partial charge in [-0.2, -0.15) is 5.11 Å². The molecule has 2 aromatic heterocycles. The van der Waals surface area contributed by atoms with Crippen molar-refractivity contribution in [1.29, 1.82) is 0 Å². The zero-order valence-electron chi connectivity index (χ0n) is 29.6. The van der Waals surface area contributed by atoms with Crippen LogP contribution >= 0.6 is 0 Å². The normalized spacial score (nSPS) is 11.3. The average molecular weight is 731 g/mol. The molecule has 0 aliphatic carbocycles. The summed E-state index contributed by atoms with van der Waals surface area (Å²) in [5, 5.41) is 22.4. The number of aromatic nitrogens is 4. The predicted molar refractivity (Wildman–Crippen MR) is 198 cm³/mol. The number of hydrogen-bond donors (Lipinski definition) is 2. The Labute approximate surface area is 307 Å². The van der Waals surface area contributed by atoms with Gasteiger partial charge in [-0.15, -0.1) is 15.3 Å². The molecule has 0 spiro atoms. The topological polar surface area (TPSA) is 196 Å². The van der Waals surface area contributed by atoms with Gasteiger partial charge in [-0.05, 0) is 67.9 Å². The molecule has 16 heteroatoms. The number of azo groups is 2. The summed E-state index contributed by atoms with van der Waals surface area (Å²) in [7, 11) is 2.95. The van der Waals surface area contributed by atoms with Crippen LogP contribution in [-0.4, -0.2) is 58.9 Å². The fourth-order valence-corrected chi connectivity index (χ4v) is 5.37. The van der Waals surface area contributed by atoms with E-state index in [2.05, 4.69) is 30.7 Å². The first kappa shape index (κ1) is 36.4. The van der Waals surface area contributed by atoms with Gasteiger partial charge in [0.1, 0.15) is 17.2 Å². The molecule has 0 atom stereocenters. The summed E-state index contributed by atoms with van der Waals surface area (Å²) in [6.45, 7) is 3.50. The molecule has 274 valence electrons. The third kappa shape index (κ3) is 7.48. The maximum absolute atomic E-state index is 13.4. The number of aromatic amines is 2.